The molecule has 1 saturated heterocycles. The van der Waals surface area contributed by atoms with E-state index in [1.807, 2.05) is 20.0 Å². The van der Waals surface area contributed by atoms with Crippen molar-refractivity contribution in [1.82, 2.24) is 4.90 Å². The lowest BCUT2D eigenvalue weighted by atomic mass is 9.62. The highest BCUT2D eigenvalue weighted by Crippen LogP contribution is 2.50. The second-order valence-electron chi connectivity index (χ2n) is 7.20. The van der Waals surface area contributed by atoms with Gasteiger partial charge in [0.05, 0.1) is 11.6 Å². The molecule has 7 heteroatoms. The van der Waals surface area contributed by atoms with Gasteiger partial charge in [0.2, 0.25) is 0 Å². The van der Waals surface area contributed by atoms with Crippen LogP contribution in [0.4, 0.5) is 13.2 Å². The fraction of sp³-hybridized carbons (Fsp3) is 0.350. The number of alkyl halides is 3. The first-order valence-electron chi connectivity index (χ1n) is 8.35. The van der Waals surface area contributed by atoms with Gasteiger partial charge in [-0.25, -0.2) is 0 Å². The summed E-state index contributed by atoms with van der Waals surface area (Å²) in [6.07, 6.45) is -4.77. The summed E-state index contributed by atoms with van der Waals surface area (Å²) < 4.78 is 41.1. The Labute approximate surface area is 155 Å². The van der Waals surface area contributed by atoms with E-state index in [1.165, 1.54) is 24.3 Å². The highest BCUT2D eigenvalue weighted by molar-refractivity contribution is 5.44. The van der Waals surface area contributed by atoms with Crippen molar-refractivity contribution < 1.29 is 23.0 Å². The summed E-state index contributed by atoms with van der Waals surface area (Å²) in [4.78, 5) is 2.05. The Bertz CT molecular complexity index is 851. The Kier molecular flexibility index (Phi) is 4.66. The molecule has 4 nitrogen and oxygen atoms in total. The molecule has 1 aliphatic rings. The van der Waals surface area contributed by atoms with Crippen LogP contribution in [0.1, 0.15) is 23.6 Å². The van der Waals surface area contributed by atoms with E-state index >= 15 is 0 Å². The molecule has 0 spiro atoms. The Morgan fingerprint density at radius 2 is 1.52 bits per heavy atom. The third-order valence-corrected chi connectivity index (χ3v) is 5.05. The standard InChI is InChI=1S/C20H19F3N2O2/c1-18(12-25(2)13-18)19(26,15-5-3-14(11-24)4-6-15)16-7-9-17(10-8-16)27-20(21,22)23/h3-10,26H,12-13H2,1-2H3. The SMILES string of the molecule is CN1CC(C)(C(O)(c2ccc(C#N)cc2)c2ccc(OC(F)(F)F)cc2)C1. The van der Waals surface area contributed by atoms with E-state index in [4.69, 9.17) is 5.26 Å². The normalized spacial score (nSPS) is 18.9. The molecule has 0 aliphatic carbocycles. The molecule has 0 saturated carbocycles. The molecule has 3 rings (SSSR count). The van der Waals surface area contributed by atoms with Crippen LogP contribution in [0.15, 0.2) is 48.5 Å². The van der Waals surface area contributed by atoms with Crippen LogP contribution in [0.2, 0.25) is 0 Å². The van der Waals surface area contributed by atoms with Crippen molar-refractivity contribution in [3.05, 3.63) is 65.2 Å². The van der Waals surface area contributed by atoms with Gasteiger partial charge in [0.25, 0.3) is 0 Å². The highest BCUT2D eigenvalue weighted by Gasteiger charge is 2.55. The minimum Gasteiger partial charge on any atom is -0.406 e. The summed E-state index contributed by atoms with van der Waals surface area (Å²) in [7, 11) is 1.93. The summed E-state index contributed by atoms with van der Waals surface area (Å²) in [5.74, 6) is -0.343. The maximum atomic E-state index is 12.4. The van der Waals surface area contributed by atoms with Crippen LogP contribution in [-0.4, -0.2) is 36.5 Å². The number of rotatable bonds is 4. The van der Waals surface area contributed by atoms with Crippen molar-refractivity contribution >= 4 is 0 Å². The van der Waals surface area contributed by atoms with Crippen molar-refractivity contribution in [1.29, 1.82) is 5.26 Å². The molecule has 27 heavy (non-hydrogen) atoms. The third kappa shape index (κ3) is 3.51. The lowest BCUT2D eigenvalue weighted by Crippen LogP contribution is -2.63. The van der Waals surface area contributed by atoms with Crippen LogP contribution >= 0.6 is 0 Å². The number of aliphatic hydroxyl groups is 1. The smallest absolute Gasteiger partial charge is 0.406 e. The highest BCUT2D eigenvalue weighted by atomic mass is 19.4. The van der Waals surface area contributed by atoms with Crippen LogP contribution < -0.4 is 4.74 Å². The van der Waals surface area contributed by atoms with Gasteiger partial charge in [-0.2, -0.15) is 5.26 Å². The molecule has 0 amide bonds. The van der Waals surface area contributed by atoms with Crippen molar-refractivity contribution in [2.45, 2.75) is 18.9 Å². The van der Waals surface area contributed by atoms with Gasteiger partial charge >= 0.3 is 6.36 Å². The second kappa shape index (κ2) is 6.55. The van der Waals surface area contributed by atoms with E-state index < -0.39 is 17.4 Å². The van der Waals surface area contributed by atoms with Gasteiger partial charge in [-0.15, -0.1) is 13.2 Å². The Balaban J connectivity index is 2.03. The van der Waals surface area contributed by atoms with E-state index in [1.54, 1.807) is 24.3 Å². The van der Waals surface area contributed by atoms with Gasteiger partial charge in [0, 0.05) is 18.5 Å². The molecule has 1 unspecified atom stereocenters. The molecule has 1 atom stereocenters. The monoisotopic (exact) mass is 376 g/mol. The summed E-state index contributed by atoms with van der Waals surface area (Å²) >= 11 is 0. The predicted molar refractivity (Wildman–Crippen MR) is 92.9 cm³/mol. The number of halogens is 3. The summed E-state index contributed by atoms with van der Waals surface area (Å²) in [5.41, 5.74) is -0.447. The average Bonchev–Trinajstić information content (AvgIpc) is 2.59. The molecule has 1 N–H and O–H groups in total. The van der Waals surface area contributed by atoms with E-state index in [9.17, 15) is 18.3 Å². The number of nitriles is 1. The van der Waals surface area contributed by atoms with Crippen LogP contribution in [0.5, 0.6) is 5.75 Å². The van der Waals surface area contributed by atoms with Gasteiger partial charge in [0.1, 0.15) is 11.4 Å². The molecule has 0 bridgehead atoms. The Morgan fingerprint density at radius 1 is 1.04 bits per heavy atom. The Hall–Kier alpha value is -2.56. The molecule has 0 aromatic heterocycles. The zero-order chi connectivity index (χ0) is 19.9. The Morgan fingerprint density at radius 3 is 1.93 bits per heavy atom. The molecular formula is C20H19F3N2O2. The second-order valence-corrected chi connectivity index (χ2v) is 7.20. The van der Waals surface area contributed by atoms with E-state index in [0.29, 0.717) is 29.8 Å². The minimum absolute atomic E-state index is 0.343. The van der Waals surface area contributed by atoms with Crippen LogP contribution in [-0.2, 0) is 5.60 Å². The van der Waals surface area contributed by atoms with E-state index in [-0.39, 0.29) is 5.75 Å². The zero-order valence-electron chi connectivity index (χ0n) is 14.9. The van der Waals surface area contributed by atoms with Gasteiger partial charge in [-0.3, -0.25) is 0 Å². The third-order valence-electron chi connectivity index (χ3n) is 5.05. The minimum atomic E-state index is -4.77. The number of benzene rings is 2. The van der Waals surface area contributed by atoms with E-state index in [0.717, 1.165) is 0 Å². The predicted octanol–water partition coefficient (Wildman–Crippen LogP) is 3.64. The molecule has 1 aliphatic heterocycles. The van der Waals surface area contributed by atoms with Gasteiger partial charge < -0.3 is 14.7 Å². The van der Waals surface area contributed by atoms with Gasteiger partial charge in [0.15, 0.2) is 0 Å². The fourth-order valence-electron chi connectivity index (χ4n) is 3.92. The first-order valence-corrected chi connectivity index (χ1v) is 8.35. The topological polar surface area (TPSA) is 56.5 Å². The van der Waals surface area contributed by atoms with Crippen molar-refractivity contribution in [3.8, 4) is 11.8 Å². The number of likely N-dealkylation sites (tertiary alicyclic amines) is 1. The zero-order valence-corrected chi connectivity index (χ0v) is 14.9. The van der Waals surface area contributed by atoms with Gasteiger partial charge in [-0.1, -0.05) is 31.2 Å². The number of hydrogen-bond acceptors (Lipinski definition) is 4. The van der Waals surface area contributed by atoms with Crippen molar-refractivity contribution in [2.75, 3.05) is 20.1 Å². The molecule has 142 valence electrons. The van der Waals surface area contributed by atoms with E-state index in [2.05, 4.69) is 9.64 Å². The molecule has 1 fully saturated rings. The number of nitrogens with zero attached hydrogens (tertiary/aromatic N) is 2. The lowest BCUT2D eigenvalue weighted by Gasteiger charge is -2.56. The van der Waals surface area contributed by atoms with Crippen LogP contribution in [0, 0.1) is 16.7 Å². The molecule has 0 radical (unpaired) electrons. The molecule has 2 aromatic rings. The number of ether oxygens (including phenoxy) is 1. The molecule has 2 aromatic carbocycles. The first kappa shape index (κ1) is 19.2. The number of hydrogen-bond donors (Lipinski definition) is 1. The maximum absolute atomic E-state index is 12.4. The molecular weight excluding hydrogens is 357 g/mol. The van der Waals surface area contributed by atoms with Crippen molar-refractivity contribution in [3.63, 3.8) is 0 Å². The maximum Gasteiger partial charge on any atom is 0.573 e. The quantitative estimate of drug-likeness (QED) is 0.885. The summed E-state index contributed by atoms with van der Waals surface area (Å²) in [6, 6.07) is 13.9. The largest absolute Gasteiger partial charge is 0.573 e. The van der Waals surface area contributed by atoms with Crippen LogP contribution in [0.25, 0.3) is 0 Å². The van der Waals surface area contributed by atoms with Gasteiger partial charge in [-0.05, 0) is 42.4 Å². The fourth-order valence-corrected chi connectivity index (χ4v) is 3.92. The average molecular weight is 376 g/mol. The van der Waals surface area contributed by atoms with Crippen LogP contribution in [0.3, 0.4) is 0 Å². The van der Waals surface area contributed by atoms with Crippen molar-refractivity contribution in [2.24, 2.45) is 5.41 Å². The lowest BCUT2D eigenvalue weighted by molar-refractivity contribution is -0.274. The summed E-state index contributed by atoms with van der Waals surface area (Å²) in [6.45, 7) is 3.17. The molecule has 1 heterocycles. The first-order chi connectivity index (χ1) is 12.6. The summed E-state index contributed by atoms with van der Waals surface area (Å²) in [5, 5.41) is 20.8.